The highest BCUT2D eigenvalue weighted by molar-refractivity contribution is 5.62. The molecule has 0 unspecified atom stereocenters. The third kappa shape index (κ3) is 3.80. The summed E-state index contributed by atoms with van der Waals surface area (Å²) in [6.07, 6.45) is 4.50. The van der Waals surface area contributed by atoms with Crippen LogP contribution in [0.1, 0.15) is 34.0 Å². The topological polar surface area (TPSA) is 43.3 Å². The number of halogens is 2. The maximum absolute atomic E-state index is 14.4. The van der Waals surface area contributed by atoms with Crippen LogP contribution in [0.2, 0.25) is 0 Å². The van der Waals surface area contributed by atoms with Gasteiger partial charge in [-0.1, -0.05) is 42.5 Å². The molecule has 3 aromatic heterocycles. The summed E-state index contributed by atoms with van der Waals surface area (Å²) in [7, 11) is 0. The summed E-state index contributed by atoms with van der Waals surface area (Å²) in [5.74, 6) is -0.00681. The number of hydrogen-bond donors (Lipinski definition) is 0. The molecule has 0 fully saturated rings. The van der Waals surface area contributed by atoms with Gasteiger partial charge < -0.3 is 8.82 Å². The first-order valence-corrected chi connectivity index (χ1v) is 10.4. The number of hydrogen-bond acceptors (Lipinski definition) is 3. The van der Waals surface area contributed by atoms with Gasteiger partial charge in [0.2, 0.25) is 0 Å². The van der Waals surface area contributed by atoms with E-state index < -0.39 is 11.6 Å². The second kappa shape index (κ2) is 8.04. The third-order valence-corrected chi connectivity index (χ3v) is 5.59. The van der Waals surface area contributed by atoms with E-state index in [9.17, 15) is 8.78 Å². The molecule has 0 spiro atoms. The Morgan fingerprint density at radius 3 is 2.47 bits per heavy atom. The maximum atomic E-state index is 14.4. The number of benzene rings is 2. The van der Waals surface area contributed by atoms with Crippen LogP contribution in [-0.2, 0) is 12.8 Å². The van der Waals surface area contributed by atoms with E-state index >= 15 is 0 Å². The van der Waals surface area contributed by atoms with Crippen LogP contribution in [0.15, 0.2) is 71.4 Å². The van der Waals surface area contributed by atoms with Crippen LogP contribution >= 0.6 is 0 Å². The quantitative estimate of drug-likeness (QED) is 0.341. The van der Waals surface area contributed by atoms with Crippen LogP contribution in [0.4, 0.5) is 8.78 Å². The summed E-state index contributed by atoms with van der Waals surface area (Å²) in [4.78, 5) is 9.53. The predicted molar refractivity (Wildman–Crippen MR) is 119 cm³/mol. The van der Waals surface area contributed by atoms with Crippen molar-refractivity contribution in [3.8, 4) is 11.3 Å². The molecule has 0 atom stereocenters. The Bertz CT molecular complexity index is 1400. The van der Waals surface area contributed by atoms with E-state index in [1.165, 1.54) is 6.07 Å². The molecule has 0 bridgehead atoms. The van der Waals surface area contributed by atoms with Gasteiger partial charge in [-0.25, -0.2) is 18.7 Å². The van der Waals surface area contributed by atoms with E-state index in [0.717, 1.165) is 40.1 Å². The number of aryl methyl sites for hydroxylation is 2. The lowest BCUT2D eigenvalue weighted by Crippen LogP contribution is -2.03. The van der Waals surface area contributed by atoms with Crippen LogP contribution in [0.25, 0.3) is 16.9 Å². The van der Waals surface area contributed by atoms with Gasteiger partial charge >= 0.3 is 0 Å². The van der Waals surface area contributed by atoms with Crippen LogP contribution < -0.4 is 0 Å². The average Bonchev–Trinajstić information content (AvgIpc) is 3.33. The highest BCUT2D eigenvalue weighted by Gasteiger charge is 2.16. The smallest absolute Gasteiger partial charge is 0.162 e. The zero-order chi connectivity index (χ0) is 22.2. The molecule has 3 heterocycles. The molecule has 5 rings (SSSR count). The van der Waals surface area contributed by atoms with Crippen LogP contribution in [0.5, 0.6) is 0 Å². The molecule has 0 aliphatic carbocycles. The highest BCUT2D eigenvalue weighted by Crippen LogP contribution is 2.24. The van der Waals surface area contributed by atoms with Crippen molar-refractivity contribution in [3.05, 3.63) is 113 Å². The van der Waals surface area contributed by atoms with Gasteiger partial charge in [-0.2, -0.15) is 0 Å². The molecule has 0 saturated carbocycles. The molecule has 6 heteroatoms. The average molecular weight is 429 g/mol. The molecule has 32 heavy (non-hydrogen) atoms. The fourth-order valence-electron chi connectivity index (χ4n) is 3.84. The summed E-state index contributed by atoms with van der Waals surface area (Å²) in [5.41, 5.74) is 5.01. The maximum Gasteiger partial charge on any atom is 0.162 e. The van der Waals surface area contributed by atoms with E-state index in [2.05, 4.69) is 0 Å². The molecule has 0 saturated heterocycles. The molecule has 5 aromatic rings. The van der Waals surface area contributed by atoms with Gasteiger partial charge in [0.15, 0.2) is 17.3 Å². The Labute approximate surface area is 184 Å². The molecule has 4 nitrogen and oxygen atoms in total. The Balaban J connectivity index is 1.61. The standard InChI is InChI=1S/C26H21F2N3O/c1-16-11-21(32-17(16)2)13-20-14-31-15-24(18-7-4-3-5-8-18)30-23(26(31)29-20)12-19-9-6-10-22(27)25(19)28/h3-11,14-15H,12-13H2,1-2H3. The second-order valence-electron chi connectivity index (χ2n) is 7.92. The van der Waals surface area contributed by atoms with Crippen LogP contribution in [0, 0.1) is 25.5 Å². The Hall–Kier alpha value is -3.80. The zero-order valence-corrected chi connectivity index (χ0v) is 17.8. The number of nitrogens with zero attached hydrogens (tertiary/aromatic N) is 3. The van der Waals surface area contributed by atoms with Crippen molar-refractivity contribution in [2.75, 3.05) is 0 Å². The molecular formula is C26H21F2N3O. The SMILES string of the molecule is Cc1cc(Cc2cn3cc(-c4ccccc4)nc(Cc4cccc(F)c4F)c3n2)oc1C. The van der Waals surface area contributed by atoms with Gasteiger partial charge in [0, 0.05) is 30.8 Å². The first-order valence-electron chi connectivity index (χ1n) is 10.4. The van der Waals surface area contributed by atoms with Crippen molar-refractivity contribution in [1.82, 2.24) is 14.4 Å². The van der Waals surface area contributed by atoms with E-state index in [0.29, 0.717) is 17.8 Å². The zero-order valence-electron chi connectivity index (χ0n) is 17.8. The largest absolute Gasteiger partial charge is 0.466 e. The second-order valence-corrected chi connectivity index (χ2v) is 7.92. The number of fused-ring (bicyclic) bond motifs is 1. The first kappa shape index (κ1) is 20.1. The van der Waals surface area contributed by atoms with E-state index in [-0.39, 0.29) is 12.0 Å². The van der Waals surface area contributed by atoms with Gasteiger partial charge in [0.1, 0.15) is 11.5 Å². The van der Waals surface area contributed by atoms with E-state index in [4.69, 9.17) is 14.4 Å². The molecule has 0 aliphatic rings. The lowest BCUT2D eigenvalue weighted by molar-refractivity contribution is 0.490. The fraction of sp³-hybridized carbons (Fsp3) is 0.154. The van der Waals surface area contributed by atoms with Crippen molar-refractivity contribution < 1.29 is 13.2 Å². The molecular weight excluding hydrogens is 408 g/mol. The van der Waals surface area contributed by atoms with Crippen molar-refractivity contribution >= 4 is 5.65 Å². The van der Waals surface area contributed by atoms with E-state index in [1.54, 1.807) is 6.07 Å². The van der Waals surface area contributed by atoms with Gasteiger partial charge in [0.25, 0.3) is 0 Å². The molecule has 0 N–H and O–H groups in total. The van der Waals surface area contributed by atoms with Gasteiger partial charge in [0.05, 0.1) is 17.1 Å². The van der Waals surface area contributed by atoms with Crippen LogP contribution in [0.3, 0.4) is 0 Å². The van der Waals surface area contributed by atoms with E-state index in [1.807, 2.05) is 67.0 Å². The Morgan fingerprint density at radius 2 is 1.72 bits per heavy atom. The monoisotopic (exact) mass is 429 g/mol. The van der Waals surface area contributed by atoms with Gasteiger partial charge in [-0.05, 0) is 37.1 Å². The predicted octanol–water partition coefficient (Wildman–Crippen LogP) is 6.07. The highest BCUT2D eigenvalue weighted by atomic mass is 19.2. The summed E-state index contributed by atoms with van der Waals surface area (Å²) in [5, 5.41) is 0. The molecule has 2 aromatic carbocycles. The summed E-state index contributed by atoms with van der Waals surface area (Å²) >= 11 is 0. The molecule has 0 aliphatic heterocycles. The van der Waals surface area contributed by atoms with Crippen LogP contribution in [-0.4, -0.2) is 14.4 Å². The Kier molecular flexibility index (Phi) is 5.05. The Morgan fingerprint density at radius 1 is 0.906 bits per heavy atom. The summed E-state index contributed by atoms with van der Waals surface area (Å²) < 4.78 is 35.9. The number of furan rings is 1. The summed E-state index contributed by atoms with van der Waals surface area (Å²) in [6.45, 7) is 3.94. The number of aromatic nitrogens is 3. The minimum absolute atomic E-state index is 0.128. The normalized spacial score (nSPS) is 11.4. The molecule has 0 radical (unpaired) electrons. The third-order valence-electron chi connectivity index (χ3n) is 5.59. The van der Waals surface area contributed by atoms with Gasteiger partial charge in [-0.15, -0.1) is 0 Å². The lowest BCUT2D eigenvalue weighted by Gasteiger charge is -2.09. The lowest BCUT2D eigenvalue weighted by atomic mass is 10.1. The number of imidazole rings is 1. The number of rotatable bonds is 5. The van der Waals surface area contributed by atoms with Crippen molar-refractivity contribution in [1.29, 1.82) is 0 Å². The minimum Gasteiger partial charge on any atom is -0.466 e. The van der Waals surface area contributed by atoms with Crippen molar-refractivity contribution in [3.63, 3.8) is 0 Å². The first-order chi connectivity index (χ1) is 15.5. The molecule has 0 amide bonds. The minimum atomic E-state index is -0.870. The fourth-order valence-corrected chi connectivity index (χ4v) is 3.84. The van der Waals surface area contributed by atoms with Gasteiger partial charge in [-0.3, -0.25) is 0 Å². The summed E-state index contributed by atoms with van der Waals surface area (Å²) in [6, 6.07) is 15.9. The molecule has 160 valence electrons. The van der Waals surface area contributed by atoms with Crippen molar-refractivity contribution in [2.24, 2.45) is 0 Å². The van der Waals surface area contributed by atoms with Crippen molar-refractivity contribution in [2.45, 2.75) is 26.7 Å².